The highest BCUT2D eigenvalue weighted by molar-refractivity contribution is 5.56. The molecule has 100 valence electrons. The molecule has 0 spiro atoms. The van der Waals surface area contributed by atoms with Crippen molar-refractivity contribution in [2.75, 3.05) is 38.3 Å². The van der Waals surface area contributed by atoms with Gasteiger partial charge in [-0.1, -0.05) is 0 Å². The van der Waals surface area contributed by atoms with Crippen LogP contribution in [0.3, 0.4) is 0 Å². The molecular formula is C10H18N6O2. The molecule has 0 aliphatic rings. The largest absolute Gasteiger partial charge is 0.363 e. The molecule has 8 heteroatoms. The molecule has 0 bridgehead atoms. The molecule has 2 N–H and O–H groups in total. The summed E-state index contributed by atoms with van der Waals surface area (Å²) >= 11 is 0. The Bertz CT molecular complexity index is 423. The van der Waals surface area contributed by atoms with Crippen LogP contribution in [0.2, 0.25) is 0 Å². The molecule has 0 saturated carbocycles. The lowest BCUT2D eigenvalue weighted by Crippen LogP contribution is -2.31. The third kappa shape index (κ3) is 3.52. The van der Waals surface area contributed by atoms with E-state index < -0.39 is 4.92 Å². The zero-order valence-electron chi connectivity index (χ0n) is 11.0. The highest BCUT2D eigenvalue weighted by Crippen LogP contribution is 2.21. The van der Waals surface area contributed by atoms with Crippen molar-refractivity contribution in [1.82, 2.24) is 14.9 Å². The number of rotatable bonds is 6. The van der Waals surface area contributed by atoms with Crippen molar-refractivity contribution >= 4 is 17.5 Å². The van der Waals surface area contributed by atoms with Gasteiger partial charge in [-0.3, -0.25) is 10.1 Å². The first-order valence-corrected chi connectivity index (χ1v) is 5.55. The first-order chi connectivity index (χ1) is 8.45. The van der Waals surface area contributed by atoms with Crippen molar-refractivity contribution in [2.24, 2.45) is 0 Å². The monoisotopic (exact) mass is 254 g/mol. The summed E-state index contributed by atoms with van der Waals surface area (Å²) in [5.41, 5.74) is -0.125. The molecule has 0 saturated heterocycles. The second kappa shape index (κ2) is 6.10. The Labute approximate surface area is 106 Å². The summed E-state index contributed by atoms with van der Waals surface area (Å²) in [5.74, 6) is 0.577. The van der Waals surface area contributed by atoms with Crippen LogP contribution in [0.15, 0.2) is 6.20 Å². The maximum Gasteiger partial charge on any atom is 0.329 e. The van der Waals surface area contributed by atoms with Crippen molar-refractivity contribution in [3.05, 3.63) is 16.3 Å². The Hall–Kier alpha value is -1.96. The van der Waals surface area contributed by atoms with Gasteiger partial charge in [-0.15, -0.1) is 0 Å². The van der Waals surface area contributed by atoms with E-state index in [-0.39, 0.29) is 17.5 Å². The van der Waals surface area contributed by atoms with Crippen LogP contribution in [0.1, 0.15) is 6.92 Å². The van der Waals surface area contributed by atoms with Crippen molar-refractivity contribution in [3.8, 4) is 0 Å². The fourth-order valence-electron chi connectivity index (χ4n) is 1.19. The fraction of sp³-hybridized carbons (Fsp3) is 0.600. The molecule has 0 radical (unpaired) electrons. The van der Waals surface area contributed by atoms with Gasteiger partial charge < -0.3 is 15.5 Å². The summed E-state index contributed by atoms with van der Waals surface area (Å²) in [4.78, 5) is 20.2. The first kappa shape index (κ1) is 14.1. The first-order valence-electron chi connectivity index (χ1n) is 5.55. The molecule has 18 heavy (non-hydrogen) atoms. The number of nitro groups is 1. The van der Waals surface area contributed by atoms with Gasteiger partial charge in [0.2, 0.25) is 11.8 Å². The van der Waals surface area contributed by atoms with Crippen LogP contribution >= 0.6 is 0 Å². The Morgan fingerprint density at radius 3 is 2.72 bits per heavy atom. The van der Waals surface area contributed by atoms with Gasteiger partial charge in [0.05, 0.1) is 4.92 Å². The second-order valence-electron chi connectivity index (χ2n) is 4.13. The average molecular weight is 254 g/mol. The van der Waals surface area contributed by atoms with E-state index >= 15 is 0 Å². The van der Waals surface area contributed by atoms with Crippen LogP contribution in [0.5, 0.6) is 0 Å². The third-order valence-corrected chi connectivity index (χ3v) is 2.64. The minimum Gasteiger partial charge on any atom is -0.363 e. The molecule has 0 aliphatic heterocycles. The highest BCUT2D eigenvalue weighted by atomic mass is 16.6. The maximum absolute atomic E-state index is 10.9. The topological polar surface area (TPSA) is 96.2 Å². The van der Waals surface area contributed by atoms with Gasteiger partial charge in [-0.25, -0.2) is 4.98 Å². The zero-order chi connectivity index (χ0) is 13.7. The third-order valence-electron chi connectivity index (χ3n) is 2.64. The lowest BCUT2D eigenvalue weighted by Gasteiger charge is -2.20. The summed E-state index contributed by atoms with van der Waals surface area (Å²) in [6.45, 7) is 2.58. The Balaban J connectivity index is 2.87. The standard InChI is InChI=1S/C10H18N6O2/c1-7(15(3)4)5-12-9-8(16(17)18)6-13-10(11-2)14-9/h6-7H,5H2,1-4H3,(H2,11,12,13,14). The normalized spacial score (nSPS) is 12.3. The number of hydrogen-bond acceptors (Lipinski definition) is 7. The molecule has 0 aliphatic carbocycles. The van der Waals surface area contributed by atoms with Crippen LogP contribution in [0.25, 0.3) is 0 Å². The summed E-state index contributed by atoms with van der Waals surface area (Å²) < 4.78 is 0. The van der Waals surface area contributed by atoms with Crippen molar-refractivity contribution in [3.63, 3.8) is 0 Å². The van der Waals surface area contributed by atoms with E-state index in [4.69, 9.17) is 0 Å². The van der Waals surface area contributed by atoms with E-state index in [1.54, 1.807) is 7.05 Å². The van der Waals surface area contributed by atoms with E-state index in [9.17, 15) is 10.1 Å². The van der Waals surface area contributed by atoms with Crippen LogP contribution in [-0.4, -0.2) is 53.5 Å². The molecule has 1 heterocycles. The minimum atomic E-state index is -0.498. The molecule has 1 aromatic heterocycles. The zero-order valence-corrected chi connectivity index (χ0v) is 11.0. The van der Waals surface area contributed by atoms with Gasteiger partial charge in [0.15, 0.2) is 0 Å². The summed E-state index contributed by atoms with van der Waals surface area (Å²) in [6, 6.07) is 0.234. The molecule has 1 atom stereocenters. The van der Waals surface area contributed by atoms with Crippen molar-refractivity contribution < 1.29 is 4.92 Å². The molecule has 1 unspecified atom stereocenters. The molecule has 0 amide bonds. The molecule has 1 aromatic rings. The number of likely N-dealkylation sites (N-methyl/N-ethyl adjacent to an activating group) is 1. The summed E-state index contributed by atoms with van der Waals surface area (Å²) in [6.07, 6.45) is 1.20. The van der Waals surface area contributed by atoms with Gasteiger partial charge in [0.25, 0.3) is 0 Å². The van der Waals surface area contributed by atoms with Crippen molar-refractivity contribution in [2.45, 2.75) is 13.0 Å². The van der Waals surface area contributed by atoms with E-state index in [0.717, 1.165) is 0 Å². The fourth-order valence-corrected chi connectivity index (χ4v) is 1.19. The van der Waals surface area contributed by atoms with E-state index in [2.05, 4.69) is 20.6 Å². The SMILES string of the molecule is CNc1ncc([N+](=O)[O-])c(NCC(C)N(C)C)n1. The maximum atomic E-state index is 10.9. The number of anilines is 2. The molecule has 1 rings (SSSR count). The molecular weight excluding hydrogens is 236 g/mol. The van der Waals surface area contributed by atoms with Gasteiger partial charge in [0.1, 0.15) is 6.20 Å². The van der Waals surface area contributed by atoms with Gasteiger partial charge in [-0.05, 0) is 21.0 Å². The average Bonchev–Trinajstić information content (AvgIpc) is 2.34. The lowest BCUT2D eigenvalue weighted by molar-refractivity contribution is -0.384. The number of hydrogen-bond donors (Lipinski definition) is 2. The minimum absolute atomic E-state index is 0.125. The van der Waals surface area contributed by atoms with E-state index in [1.807, 2.05) is 25.9 Å². The van der Waals surface area contributed by atoms with Crippen LogP contribution in [0.4, 0.5) is 17.5 Å². The van der Waals surface area contributed by atoms with Crippen LogP contribution < -0.4 is 10.6 Å². The smallest absolute Gasteiger partial charge is 0.329 e. The second-order valence-corrected chi connectivity index (χ2v) is 4.13. The number of aromatic nitrogens is 2. The Morgan fingerprint density at radius 2 is 2.22 bits per heavy atom. The molecule has 0 aromatic carbocycles. The summed E-state index contributed by atoms with van der Waals surface area (Å²) in [7, 11) is 5.55. The van der Waals surface area contributed by atoms with E-state index in [0.29, 0.717) is 12.5 Å². The van der Waals surface area contributed by atoms with Crippen molar-refractivity contribution in [1.29, 1.82) is 0 Å². The predicted molar refractivity (Wildman–Crippen MR) is 69.9 cm³/mol. The van der Waals surface area contributed by atoms with Gasteiger partial charge in [0, 0.05) is 19.6 Å². The van der Waals surface area contributed by atoms with E-state index in [1.165, 1.54) is 6.20 Å². The van der Waals surface area contributed by atoms with Crippen LogP contribution in [-0.2, 0) is 0 Å². The predicted octanol–water partition coefficient (Wildman–Crippen LogP) is 0.788. The quantitative estimate of drug-likeness (QED) is 0.572. The lowest BCUT2D eigenvalue weighted by atomic mass is 10.3. The number of nitrogens with one attached hydrogen (secondary N) is 2. The number of nitrogens with zero attached hydrogens (tertiary/aromatic N) is 4. The highest BCUT2D eigenvalue weighted by Gasteiger charge is 2.17. The Kier molecular flexibility index (Phi) is 4.78. The summed E-state index contributed by atoms with van der Waals surface area (Å²) in [5, 5.41) is 16.6. The van der Waals surface area contributed by atoms with Crippen LogP contribution in [0, 0.1) is 10.1 Å². The van der Waals surface area contributed by atoms with Gasteiger partial charge >= 0.3 is 5.69 Å². The molecule has 8 nitrogen and oxygen atoms in total. The van der Waals surface area contributed by atoms with Gasteiger partial charge in [-0.2, -0.15) is 4.98 Å². The molecule has 0 fully saturated rings. The Morgan fingerprint density at radius 1 is 1.56 bits per heavy atom.